The van der Waals surface area contributed by atoms with Gasteiger partial charge in [-0.15, -0.1) is 0 Å². The van der Waals surface area contributed by atoms with Crippen LogP contribution in [-0.4, -0.2) is 23.9 Å². The van der Waals surface area contributed by atoms with E-state index in [1.165, 1.54) is 18.1 Å². The number of hydrogen-bond acceptors (Lipinski definition) is 3. The van der Waals surface area contributed by atoms with Gasteiger partial charge in [-0.2, -0.15) is 0 Å². The number of methoxy groups -OCH3 is 1. The number of esters is 1. The predicted molar refractivity (Wildman–Crippen MR) is 87.0 cm³/mol. The normalized spacial score (nSPS) is 22.2. The van der Waals surface area contributed by atoms with Crippen LogP contribution in [0.2, 0.25) is 0 Å². The van der Waals surface area contributed by atoms with Gasteiger partial charge in [0.1, 0.15) is 0 Å². The molecule has 0 saturated carbocycles. The second-order valence-corrected chi connectivity index (χ2v) is 6.33. The highest BCUT2D eigenvalue weighted by Gasteiger charge is 2.38. The van der Waals surface area contributed by atoms with Crippen molar-refractivity contribution in [1.29, 1.82) is 0 Å². The molecular formula is C19H17F2NO3. The standard InChI is InChI=1S/C19H17F2NO3/c1-19-6-5-13(18(24)25-2)10-14(19)17(23)22(8-7-19)11-12-3-4-15(20)16(21)9-12/h3-5,7-10H,6,11H2,1-2H3. The molecule has 0 bridgehead atoms. The van der Waals surface area contributed by atoms with Crippen LogP contribution in [-0.2, 0) is 20.9 Å². The van der Waals surface area contributed by atoms with Crippen LogP contribution in [0.4, 0.5) is 8.78 Å². The van der Waals surface area contributed by atoms with E-state index in [1.807, 2.05) is 13.0 Å². The summed E-state index contributed by atoms with van der Waals surface area (Å²) in [5, 5.41) is 0. The Balaban J connectivity index is 1.89. The van der Waals surface area contributed by atoms with Gasteiger partial charge in [-0.3, -0.25) is 4.79 Å². The Kier molecular flexibility index (Phi) is 4.29. The molecule has 0 spiro atoms. The molecule has 1 aromatic rings. The molecule has 25 heavy (non-hydrogen) atoms. The first kappa shape index (κ1) is 17.1. The van der Waals surface area contributed by atoms with Gasteiger partial charge in [-0.05, 0) is 30.2 Å². The van der Waals surface area contributed by atoms with Gasteiger partial charge in [0.05, 0.1) is 19.2 Å². The van der Waals surface area contributed by atoms with Crippen molar-refractivity contribution in [2.45, 2.75) is 19.9 Å². The zero-order valence-electron chi connectivity index (χ0n) is 13.9. The molecule has 3 rings (SSSR count). The lowest BCUT2D eigenvalue weighted by Crippen LogP contribution is -2.38. The maximum absolute atomic E-state index is 13.4. The average molecular weight is 345 g/mol. The lowest BCUT2D eigenvalue weighted by Gasteiger charge is -2.37. The van der Waals surface area contributed by atoms with E-state index in [0.29, 0.717) is 23.1 Å². The Morgan fingerprint density at radius 3 is 2.76 bits per heavy atom. The SMILES string of the molecule is COC(=O)C1=CCC2(C)C=CN(Cc3ccc(F)c(F)c3)C(=O)C2=C1. The molecule has 0 N–H and O–H groups in total. The van der Waals surface area contributed by atoms with Gasteiger partial charge in [-0.1, -0.05) is 25.1 Å². The minimum atomic E-state index is -0.955. The molecule has 1 unspecified atom stereocenters. The predicted octanol–water partition coefficient (Wildman–Crippen LogP) is 3.26. The number of nitrogens with zero attached hydrogens (tertiary/aromatic N) is 1. The third-order valence-corrected chi connectivity index (χ3v) is 4.53. The van der Waals surface area contributed by atoms with Crippen molar-refractivity contribution in [1.82, 2.24) is 4.90 Å². The molecule has 6 heteroatoms. The number of rotatable bonds is 3. The van der Waals surface area contributed by atoms with Gasteiger partial charge in [0.2, 0.25) is 0 Å². The second kappa shape index (κ2) is 6.27. The van der Waals surface area contributed by atoms with Crippen molar-refractivity contribution in [2.24, 2.45) is 5.41 Å². The van der Waals surface area contributed by atoms with E-state index in [0.717, 1.165) is 12.1 Å². The minimum Gasteiger partial charge on any atom is -0.465 e. The van der Waals surface area contributed by atoms with Crippen molar-refractivity contribution in [3.05, 3.63) is 71.0 Å². The zero-order chi connectivity index (χ0) is 18.2. The van der Waals surface area contributed by atoms with E-state index < -0.39 is 23.0 Å². The summed E-state index contributed by atoms with van der Waals surface area (Å²) in [5.74, 6) is -2.66. The molecule has 0 aromatic heterocycles. The van der Waals surface area contributed by atoms with Gasteiger partial charge >= 0.3 is 5.97 Å². The lowest BCUT2D eigenvalue weighted by atomic mass is 9.73. The van der Waals surface area contributed by atoms with E-state index in [9.17, 15) is 18.4 Å². The number of amides is 1. The maximum atomic E-state index is 13.4. The van der Waals surface area contributed by atoms with Crippen LogP contribution in [0.25, 0.3) is 0 Å². The summed E-state index contributed by atoms with van der Waals surface area (Å²) < 4.78 is 31.1. The van der Waals surface area contributed by atoms with Gasteiger partial charge in [0.25, 0.3) is 5.91 Å². The number of hydrogen-bond donors (Lipinski definition) is 0. The van der Waals surface area contributed by atoms with E-state index >= 15 is 0 Å². The number of carbonyl (C=O) groups excluding carboxylic acids is 2. The molecule has 0 radical (unpaired) electrons. The number of ether oxygens (including phenoxy) is 1. The molecule has 2 aliphatic rings. The highest BCUT2D eigenvalue weighted by atomic mass is 19.2. The number of benzene rings is 1. The largest absolute Gasteiger partial charge is 0.465 e. The zero-order valence-corrected chi connectivity index (χ0v) is 13.9. The Hall–Kier alpha value is -2.76. The molecule has 1 amide bonds. The molecular weight excluding hydrogens is 328 g/mol. The summed E-state index contributed by atoms with van der Waals surface area (Å²) in [6, 6.07) is 3.53. The molecule has 4 nitrogen and oxygen atoms in total. The van der Waals surface area contributed by atoms with Crippen LogP contribution in [0.1, 0.15) is 18.9 Å². The smallest absolute Gasteiger partial charge is 0.337 e. The number of carbonyl (C=O) groups is 2. The Bertz CT molecular complexity index is 841. The highest BCUT2D eigenvalue weighted by Crippen LogP contribution is 2.41. The van der Waals surface area contributed by atoms with E-state index in [4.69, 9.17) is 4.74 Å². The van der Waals surface area contributed by atoms with Crippen molar-refractivity contribution < 1.29 is 23.1 Å². The summed E-state index contributed by atoms with van der Waals surface area (Å²) in [6.45, 7) is 2.02. The van der Waals surface area contributed by atoms with Crippen molar-refractivity contribution in [3.63, 3.8) is 0 Å². The first-order valence-corrected chi connectivity index (χ1v) is 7.79. The van der Waals surface area contributed by atoms with Gasteiger partial charge in [0.15, 0.2) is 11.6 Å². The monoisotopic (exact) mass is 345 g/mol. The number of allylic oxidation sites excluding steroid dienone is 2. The van der Waals surface area contributed by atoms with Gasteiger partial charge in [-0.25, -0.2) is 13.6 Å². The molecule has 1 aromatic carbocycles. The Morgan fingerprint density at radius 1 is 1.32 bits per heavy atom. The third kappa shape index (κ3) is 3.12. The minimum absolute atomic E-state index is 0.108. The quantitative estimate of drug-likeness (QED) is 0.790. The first-order valence-electron chi connectivity index (χ1n) is 7.79. The van der Waals surface area contributed by atoms with Crippen LogP contribution in [0.3, 0.4) is 0 Å². The number of halogens is 2. The fraction of sp³-hybridized carbons (Fsp3) is 0.263. The lowest BCUT2D eigenvalue weighted by molar-refractivity contribution is -0.135. The molecule has 0 saturated heterocycles. The number of fused-ring (bicyclic) bond motifs is 1. The molecule has 1 heterocycles. The van der Waals surface area contributed by atoms with Crippen LogP contribution < -0.4 is 0 Å². The Morgan fingerprint density at radius 2 is 2.08 bits per heavy atom. The third-order valence-electron chi connectivity index (χ3n) is 4.53. The van der Waals surface area contributed by atoms with Gasteiger partial charge in [0, 0.05) is 17.2 Å². The summed E-state index contributed by atoms with van der Waals surface area (Å²) in [5.41, 5.74) is 0.784. The molecule has 1 aliphatic carbocycles. The molecule has 130 valence electrons. The first-order chi connectivity index (χ1) is 11.8. The van der Waals surface area contributed by atoms with Crippen LogP contribution in [0.15, 0.2) is 53.8 Å². The summed E-state index contributed by atoms with van der Waals surface area (Å²) in [6.07, 6.45) is 7.32. The average Bonchev–Trinajstić information content (AvgIpc) is 2.60. The van der Waals surface area contributed by atoms with Crippen LogP contribution in [0, 0.1) is 17.0 Å². The molecule has 1 aliphatic heterocycles. The summed E-state index contributed by atoms with van der Waals surface area (Å²) >= 11 is 0. The van der Waals surface area contributed by atoms with Crippen molar-refractivity contribution in [3.8, 4) is 0 Å². The van der Waals surface area contributed by atoms with Crippen LogP contribution >= 0.6 is 0 Å². The maximum Gasteiger partial charge on any atom is 0.337 e. The van der Waals surface area contributed by atoms with E-state index in [-0.39, 0.29) is 12.5 Å². The highest BCUT2D eigenvalue weighted by molar-refractivity contribution is 6.01. The fourth-order valence-electron chi connectivity index (χ4n) is 2.97. The van der Waals surface area contributed by atoms with Crippen molar-refractivity contribution in [2.75, 3.05) is 7.11 Å². The fourth-order valence-corrected chi connectivity index (χ4v) is 2.97. The van der Waals surface area contributed by atoms with Gasteiger partial charge < -0.3 is 9.64 Å². The van der Waals surface area contributed by atoms with Crippen LogP contribution in [0.5, 0.6) is 0 Å². The topological polar surface area (TPSA) is 46.6 Å². The summed E-state index contributed by atoms with van der Waals surface area (Å²) in [7, 11) is 1.29. The van der Waals surface area contributed by atoms with E-state index in [2.05, 4.69) is 0 Å². The van der Waals surface area contributed by atoms with Crippen molar-refractivity contribution >= 4 is 11.9 Å². The van der Waals surface area contributed by atoms with E-state index in [1.54, 1.807) is 18.4 Å². The Labute approximate surface area is 144 Å². The second-order valence-electron chi connectivity index (χ2n) is 6.33. The molecule has 0 fully saturated rings. The summed E-state index contributed by atoms with van der Waals surface area (Å²) in [4.78, 5) is 26.0. The molecule has 1 atom stereocenters.